The van der Waals surface area contributed by atoms with Crippen molar-refractivity contribution in [1.29, 1.82) is 0 Å². The molecule has 0 radical (unpaired) electrons. The minimum absolute atomic E-state index is 0. The molecule has 0 fully saturated rings. The van der Waals surface area contributed by atoms with Crippen LogP contribution in [0, 0.1) is 0 Å². The van der Waals surface area contributed by atoms with E-state index in [9.17, 15) is 17.5 Å². The number of benzene rings is 2. The first-order chi connectivity index (χ1) is 11.7. The molecule has 10 heteroatoms. The second-order valence-corrected chi connectivity index (χ2v) is 9.33. The van der Waals surface area contributed by atoms with Crippen LogP contribution in [-0.2, 0) is 21.1 Å². The minimum Gasteiger partial charge on any atom is -0.747 e. The first kappa shape index (κ1) is 24.0. The molecule has 7 nitrogen and oxygen atoms in total. The quantitative estimate of drug-likeness (QED) is 0.305. The Morgan fingerprint density at radius 2 is 1.65 bits per heavy atom. The smallest absolute Gasteiger partial charge is 0.747 e. The number of nitrogens with one attached hydrogen (secondary N) is 1. The number of rotatable bonds is 8. The predicted octanol–water partition coefficient (Wildman–Crippen LogP) is -0.194. The summed E-state index contributed by atoms with van der Waals surface area (Å²) in [5.74, 6) is 0. The van der Waals surface area contributed by atoms with Crippen LogP contribution >= 0.6 is 7.60 Å². The third-order valence-corrected chi connectivity index (χ3v) is 7.12. The third kappa shape index (κ3) is 7.90. The number of hydrogen-bond acceptors (Lipinski definition) is 5. The van der Waals surface area contributed by atoms with Gasteiger partial charge in [0.2, 0.25) is 0 Å². The summed E-state index contributed by atoms with van der Waals surface area (Å²) in [6.07, 6.45) is 0.189. The molecule has 0 amide bonds. The van der Waals surface area contributed by atoms with Crippen LogP contribution in [0.25, 0.3) is 0 Å². The Labute approximate surface area is 195 Å². The fourth-order valence-electron chi connectivity index (χ4n) is 2.45. The zero-order chi connectivity index (χ0) is 18.5. The van der Waals surface area contributed by atoms with Gasteiger partial charge in [-0.1, -0.05) is 30.3 Å². The van der Waals surface area contributed by atoms with Gasteiger partial charge in [-0.15, -0.1) is 0 Å². The molecule has 0 heterocycles. The van der Waals surface area contributed by atoms with Crippen molar-refractivity contribution in [2.45, 2.75) is 24.3 Å². The van der Waals surface area contributed by atoms with Crippen molar-refractivity contribution in [3.63, 3.8) is 0 Å². The van der Waals surface area contributed by atoms with Crippen molar-refractivity contribution in [2.75, 3.05) is 5.32 Å². The van der Waals surface area contributed by atoms with Crippen molar-refractivity contribution >= 4 is 29.1 Å². The summed E-state index contributed by atoms with van der Waals surface area (Å²) in [6.45, 7) is 0. The Bertz CT molecular complexity index is 856. The molecule has 3 N–H and O–H groups in total. The van der Waals surface area contributed by atoms with Crippen LogP contribution in [0.5, 0.6) is 0 Å². The maximum Gasteiger partial charge on any atom is 1.00 e. The van der Waals surface area contributed by atoms with Crippen molar-refractivity contribution in [1.82, 2.24) is 0 Å². The van der Waals surface area contributed by atoms with Crippen LogP contribution in [0.3, 0.4) is 0 Å². The van der Waals surface area contributed by atoms with Gasteiger partial charge in [-0.3, -0.25) is 4.57 Å². The first-order valence-electron chi connectivity index (χ1n) is 7.57. The molecule has 0 bridgehead atoms. The Kier molecular flexibility index (Phi) is 9.66. The fraction of sp³-hybridized carbons (Fsp3) is 0.250. The topological polar surface area (TPSA) is 127 Å². The van der Waals surface area contributed by atoms with Gasteiger partial charge in [-0.25, -0.2) is 8.42 Å². The van der Waals surface area contributed by atoms with Gasteiger partial charge in [0.15, 0.2) is 4.99 Å². The van der Waals surface area contributed by atoms with E-state index in [0.717, 1.165) is 16.9 Å². The minimum atomic E-state index is -5.05. The standard InChI is InChI=1S/C16H20NO6PS.K/c18-24(19,20)16(25(21,22)23)11-5-7-13-6-4-10-15(12-13)17-14-8-2-1-3-9-14;/h1-4,6,8-10,12,16-17H,5,7,11H2,(H2,18,19,20)(H,21,22,23);/q;+1/p-1. The van der Waals surface area contributed by atoms with E-state index >= 15 is 0 Å². The maximum atomic E-state index is 11.2. The summed E-state index contributed by atoms with van der Waals surface area (Å²) in [5, 5.41) is 3.22. The summed E-state index contributed by atoms with van der Waals surface area (Å²) in [4.78, 5) is 15.9. The zero-order valence-electron chi connectivity index (χ0n) is 14.3. The summed E-state index contributed by atoms with van der Waals surface area (Å²) in [7, 11) is -10.0. The molecule has 2 rings (SSSR count). The second kappa shape index (κ2) is 10.5. The molecular weight excluding hydrogens is 404 g/mol. The van der Waals surface area contributed by atoms with Gasteiger partial charge < -0.3 is 19.7 Å². The first-order valence-corrected chi connectivity index (χ1v) is 10.7. The molecule has 0 spiro atoms. The van der Waals surface area contributed by atoms with Crippen molar-refractivity contribution in [3.05, 3.63) is 60.2 Å². The van der Waals surface area contributed by atoms with Crippen molar-refractivity contribution in [2.24, 2.45) is 0 Å². The average Bonchev–Trinajstić information content (AvgIpc) is 2.50. The molecule has 136 valence electrons. The monoisotopic (exact) mass is 423 g/mol. The molecule has 0 aliphatic carbocycles. The Hall–Kier alpha value is -0.0636. The zero-order valence-corrected chi connectivity index (χ0v) is 19.1. The van der Waals surface area contributed by atoms with Gasteiger partial charge >= 0.3 is 59.0 Å². The van der Waals surface area contributed by atoms with Gasteiger partial charge in [-0.05, 0) is 49.1 Å². The van der Waals surface area contributed by atoms with E-state index < -0.39 is 22.7 Å². The molecule has 26 heavy (non-hydrogen) atoms. The normalized spacial score (nSPS) is 12.9. The van der Waals surface area contributed by atoms with Gasteiger partial charge in [0.05, 0.1) is 0 Å². The molecule has 0 aliphatic rings. The van der Waals surface area contributed by atoms with E-state index in [-0.39, 0.29) is 64.2 Å². The van der Waals surface area contributed by atoms with E-state index in [4.69, 9.17) is 9.79 Å². The van der Waals surface area contributed by atoms with Crippen LogP contribution in [-0.4, -0.2) is 27.7 Å². The maximum absolute atomic E-state index is 11.2. The Morgan fingerprint density at radius 3 is 2.23 bits per heavy atom. The SMILES string of the molecule is O=P(O)(O)C(CCCc1cccc(Nc2ccccc2)c1)S(=O)(=O)[O-].[K+]. The molecule has 0 aliphatic heterocycles. The van der Waals surface area contributed by atoms with E-state index in [1.807, 2.05) is 54.6 Å². The van der Waals surface area contributed by atoms with E-state index in [0.29, 0.717) is 6.42 Å². The number of para-hydroxylation sites is 1. The van der Waals surface area contributed by atoms with E-state index in [1.54, 1.807) is 0 Å². The van der Waals surface area contributed by atoms with Crippen molar-refractivity contribution < 1.29 is 78.7 Å². The van der Waals surface area contributed by atoms with Gasteiger partial charge in [0, 0.05) is 11.4 Å². The van der Waals surface area contributed by atoms with E-state index in [1.165, 1.54) is 0 Å². The van der Waals surface area contributed by atoms with Crippen molar-refractivity contribution in [3.8, 4) is 0 Å². The van der Waals surface area contributed by atoms with Crippen LogP contribution in [0.4, 0.5) is 11.4 Å². The Balaban J connectivity index is 0.00000338. The Morgan fingerprint density at radius 1 is 1.04 bits per heavy atom. The molecular formula is C16H19KNO6PS. The van der Waals surface area contributed by atoms with Gasteiger partial charge in [0.25, 0.3) is 0 Å². The number of aryl methyl sites for hydroxylation is 1. The van der Waals surface area contributed by atoms with Gasteiger partial charge in [0.1, 0.15) is 10.1 Å². The van der Waals surface area contributed by atoms with Crippen LogP contribution < -0.4 is 56.7 Å². The summed E-state index contributed by atoms with van der Waals surface area (Å²) in [5.41, 5.74) is 2.62. The van der Waals surface area contributed by atoms with E-state index in [2.05, 4.69) is 5.32 Å². The summed E-state index contributed by atoms with van der Waals surface area (Å²) >= 11 is 0. The second-order valence-electron chi connectivity index (χ2n) is 5.62. The molecule has 2 aromatic rings. The molecule has 1 atom stereocenters. The third-order valence-electron chi connectivity index (χ3n) is 3.61. The molecule has 2 aromatic carbocycles. The number of anilines is 2. The fourth-order valence-corrected chi connectivity index (χ4v) is 4.77. The molecule has 0 aromatic heterocycles. The molecule has 1 unspecified atom stereocenters. The predicted molar refractivity (Wildman–Crippen MR) is 94.6 cm³/mol. The summed E-state index contributed by atoms with van der Waals surface area (Å²) < 4.78 is 44.2. The number of hydrogen-bond donors (Lipinski definition) is 3. The average molecular weight is 423 g/mol. The van der Waals surface area contributed by atoms with Crippen LogP contribution in [0.15, 0.2) is 54.6 Å². The summed E-state index contributed by atoms with van der Waals surface area (Å²) in [6, 6.07) is 16.9. The molecule has 0 saturated carbocycles. The largest absolute Gasteiger partial charge is 1.00 e. The van der Waals surface area contributed by atoms with Crippen LogP contribution in [0.2, 0.25) is 0 Å². The van der Waals surface area contributed by atoms with Gasteiger partial charge in [-0.2, -0.15) is 0 Å². The molecule has 0 saturated heterocycles. The van der Waals surface area contributed by atoms with Crippen LogP contribution in [0.1, 0.15) is 18.4 Å².